The number of hydrogen-bond donors (Lipinski definition) is 0. The molecule has 1 nitrogen and oxygen atoms in total. The van der Waals surface area contributed by atoms with Crippen molar-refractivity contribution in [1.29, 1.82) is 0 Å². The summed E-state index contributed by atoms with van der Waals surface area (Å²) in [5, 5.41) is 0.583. The molecule has 0 saturated heterocycles. The van der Waals surface area contributed by atoms with E-state index < -0.39 is 0 Å². The molecular formula is C10H9ClO. The van der Waals surface area contributed by atoms with Gasteiger partial charge >= 0.3 is 0 Å². The van der Waals surface area contributed by atoms with Crippen LogP contribution in [0.5, 0.6) is 5.75 Å². The molecule has 0 aliphatic rings. The molecule has 0 bridgehead atoms. The highest BCUT2D eigenvalue weighted by Crippen LogP contribution is 2.23. The number of halogens is 1. The minimum Gasteiger partial charge on any atom is -0.477 e. The van der Waals surface area contributed by atoms with Gasteiger partial charge in [-0.3, -0.25) is 0 Å². The molecule has 1 unspecified atom stereocenters. The standard InChI is InChI=1S/C10H9ClO/c1-3-8(2)12-10-7-5-4-6-9(10)11/h1,4-8H,2H3. The van der Waals surface area contributed by atoms with Crippen molar-refractivity contribution in [3.63, 3.8) is 0 Å². The minimum atomic E-state index is -0.245. The second-order valence-electron chi connectivity index (χ2n) is 2.36. The number of ether oxygens (including phenoxy) is 1. The zero-order chi connectivity index (χ0) is 8.97. The fourth-order valence-electron chi connectivity index (χ4n) is 0.765. The average molecular weight is 181 g/mol. The molecule has 0 N–H and O–H groups in total. The minimum absolute atomic E-state index is 0.245. The summed E-state index contributed by atoms with van der Waals surface area (Å²) in [5.74, 6) is 3.09. The van der Waals surface area contributed by atoms with Crippen LogP contribution in [-0.2, 0) is 0 Å². The molecule has 0 aliphatic carbocycles. The predicted octanol–water partition coefficient (Wildman–Crippen LogP) is 2.74. The zero-order valence-electron chi connectivity index (χ0n) is 6.75. The van der Waals surface area contributed by atoms with Crippen molar-refractivity contribution >= 4 is 11.6 Å². The second-order valence-corrected chi connectivity index (χ2v) is 2.76. The van der Waals surface area contributed by atoms with E-state index in [-0.39, 0.29) is 6.10 Å². The van der Waals surface area contributed by atoms with Gasteiger partial charge in [0.05, 0.1) is 5.02 Å². The first-order chi connectivity index (χ1) is 5.74. The molecular weight excluding hydrogens is 172 g/mol. The molecule has 1 rings (SSSR count). The van der Waals surface area contributed by atoms with Crippen molar-refractivity contribution in [2.75, 3.05) is 0 Å². The number of rotatable bonds is 2. The van der Waals surface area contributed by atoms with Gasteiger partial charge < -0.3 is 4.74 Å². The summed E-state index contributed by atoms with van der Waals surface area (Å²) in [6.07, 6.45) is 4.91. The first kappa shape index (κ1) is 8.96. The highest BCUT2D eigenvalue weighted by Gasteiger charge is 2.02. The Morgan fingerprint density at radius 1 is 1.50 bits per heavy atom. The molecule has 2 heteroatoms. The Kier molecular flexibility index (Phi) is 3.01. The van der Waals surface area contributed by atoms with Crippen LogP contribution in [0.1, 0.15) is 6.92 Å². The summed E-state index contributed by atoms with van der Waals surface area (Å²) in [6.45, 7) is 1.79. The molecule has 0 heterocycles. The highest BCUT2D eigenvalue weighted by molar-refractivity contribution is 6.32. The Morgan fingerprint density at radius 2 is 2.17 bits per heavy atom. The molecule has 0 spiro atoms. The first-order valence-corrected chi connectivity index (χ1v) is 3.99. The van der Waals surface area contributed by atoms with Gasteiger partial charge in [0.15, 0.2) is 6.10 Å². The summed E-state index contributed by atoms with van der Waals surface area (Å²) in [6, 6.07) is 7.25. The third-order valence-corrected chi connectivity index (χ3v) is 1.69. The van der Waals surface area contributed by atoms with E-state index >= 15 is 0 Å². The quantitative estimate of drug-likeness (QED) is 0.636. The Labute approximate surface area is 77.3 Å². The summed E-state index contributed by atoms with van der Waals surface area (Å²) in [5.41, 5.74) is 0. The smallest absolute Gasteiger partial charge is 0.156 e. The van der Waals surface area contributed by atoms with Gasteiger partial charge in [0, 0.05) is 0 Å². The van der Waals surface area contributed by atoms with E-state index in [1.54, 1.807) is 19.1 Å². The van der Waals surface area contributed by atoms with Crippen LogP contribution >= 0.6 is 11.6 Å². The van der Waals surface area contributed by atoms with Crippen LogP contribution in [-0.4, -0.2) is 6.10 Å². The first-order valence-electron chi connectivity index (χ1n) is 3.61. The summed E-state index contributed by atoms with van der Waals surface area (Å²) >= 11 is 5.83. The van der Waals surface area contributed by atoms with Crippen LogP contribution in [0.2, 0.25) is 5.02 Å². The fourth-order valence-corrected chi connectivity index (χ4v) is 0.945. The number of benzene rings is 1. The largest absolute Gasteiger partial charge is 0.477 e. The molecule has 0 aliphatic heterocycles. The van der Waals surface area contributed by atoms with Gasteiger partial charge in [-0.2, -0.15) is 0 Å². The molecule has 1 atom stereocenters. The topological polar surface area (TPSA) is 9.23 Å². The Bertz CT molecular complexity index is 301. The maximum Gasteiger partial charge on any atom is 0.156 e. The average Bonchev–Trinajstić information content (AvgIpc) is 2.09. The third kappa shape index (κ3) is 2.18. The van der Waals surface area contributed by atoms with Crippen molar-refractivity contribution in [1.82, 2.24) is 0 Å². The van der Waals surface area contributed by atoms with E-state index in [0.29, 0.717) is 10.8 Å². The lowest BCUT2D eigenvalue weighted by Crippen LogP contribution is -2.08. The molecule has 0 aromatic heterocycles. The summed E-state index contributed by atoms with van der Waals surface area (Å²) in [7, 11) is 0. The predicted molar refractivity (Wildman–Crippen MR) is 50.4 cm³/mol. The van der Waals surface area contributed by atoms with Gasteiger partial charge in [0.1, 0.15) is 5.75 Å². The molecule has 62 valence electrons. The summed E-state index contributed by atoms with van der Waals surface area (Å²) in [4.78, 5) is 0. The van der Waals surface area contributed by atoms with E-state index in [9.17, 15) is 0 Å². The summed E-state index contributed by atoms with van der Waals surface area (Å²) < 4.78 is 5.33. The molecule has 0 saturated carbocycles. The van der Waals surface area contributed by atoms with Crippen molar-refractivity contribution in [2.24, 2.45) is 0 Å². The van der Waals surface area contributed by atoms with Crippen LogP contribution in [0, 0.1) is 12.3 Å². The van der Waals surface area contributed by atoms with E-state index in [4.69, 9.17) is 22.8 Å². The lowest BCUT2D eigenvalue weighted by molar-refractivity contribution is 0.279. The molecule has 0 amide bonds. The zero-order valence-corrected chi connectivity index (χ0v) is 7.51. The lowest BCUT2D eigenvalue weighted by Gasteiger charge is -2.09. The van der Waals surface area contributed by atoms with Gasteiger partial charge in [-0.1, -0.05) is 29.7 Å². The van der Waals surface area contributed by atoms with Crippen LogP contribution < -0.4 is 4.74 Å². The van der Waals surface area contributed by atoms with Crippen molar-refractivity contribution in [2.45, 2.75) is 13.0 Å². The Balaban J connectivity index is 2.77. The van der Waals surface area contributed by atoms with Gasteiger partial charge in [-0.15, -0.1) is 6.42 Å². The monoisotopic (exact) mass is 180 g/mol. The van der Waals surface area contributed by atoms with Gasteiger partial charge in [0.2, 0.25) is 0 Å². The molecule has 0 radical (unpaired) electrons. The van der Waals surface area contributed by atoms with E-state index in [2.05, 4.69) is 5.92 Å². The number of terminal acetylenes is 1. The third-order valence-electron chi connectivity index (χ3n) is 1.38. The normalized spacial score (nSPS) is 11.8. The Morgan fingerprint density at radius 3 is 2.75 bits per heavy atom. The van der Waals surface area contributed by atoms with Crippen LogP contribution in [0.4, 0.5) is 0 Å². The van der Waals surface area contributed by atoms with Crippen LogP contribution in [0.15, 0.2) is 24.3 Å². The van der Waals surface area contributed by atoms with E-state index in [1.165, 1.54) is 0 Å². The van der Waals surface area contributed by atoms with Gasteiger partial charge in [0.25, 0.3) is 0 Å². The molecule has 12 heavy (non-hydrogen) atoms. The van der Waals surface area contributed by atoms with Gasteiger partial charge in [-0.25, -0.2) is 0 Å². The fraction of sp³-hybridized carbons (Fsp3) is 0.200. The maximum absolute atomic E-state index is 5.83. The van der Waals surface area contributed by atoms with Crippen molar-refractivity contribution < 1.29 is 4.74 Å². The highest BCUT2D eigenvalue weighted by atomic mass is 35.5. The molecule has 1 aromatic carbocycles. The number of para-hydroxylation sites is 1. The van der Waals surface area contributed by atoms with E-state index in [1.807, 2.05) is 12.1 Å². The van der Waals surface area contributed by atoms with E-state index in [0.717, 1.165) is 0 Å². The van der Waals surface area contributed by atoms with Crippen molar-refractivity contribution in [3.05, 3.63) is 29.3 Å². The molecule has 1 aromatic rings. The van der Waals surface area contributed by atoms with Gasteiger partial charge in [-0.05, 0) is 19.1 Å². The van der Waals surface area contributed by atoms with Crippen LogP contribution in [0.25, 0.3) is 0 Å². The molecule has 0 fully saturated rings. The number of hydrogen-bond acceptors (Lipinski definition) is 1. The second kappa shape index (κ2) is 4.04. The maximum atomic E-state index is 5.83. The van der Waals surface area contributed by atoms with Crippen LogP contribution in [0.3, 0.4) is 0 Å². The Hall–Kier alpha value is -1.13. The van der Waals surface area contributed by atoms with Crippen molar-refractivity contribution in [3.8, 4) is 18.1 Å². The lowest BCUT2D eigenvalue weighted by atomic mass is 10.3. The SMILES string of the molecule is C#CC(C)Oc1ccccc1Cl.